The first-order chi connectivity index (χ1) is 11.8. The summed E-state index contributed by atoms with van der Waals surface area (Å²) >= 11 is 0. The number of aliphatic hydroxyl groups is 1. The summed E-state index contributed by atoms with van der Waals surface area (Å²) < 4.78 is 0. The second kappa shape index (κ2) is 6.23. The van der Waals surface area contributed by atoms with E-state index >= 15 is 0 Å². The van der Waals surface area contributed by atoms with Gasteiger partial charge in [0.05, 0.1) is 11.6 Å². The molecule has 2 N–H and O–H groups in total. The highest BCUT2D eigenvalue weighted by Crippen LogP contribution is 2.40. The molecule has 120 valence electrons. The minimum atomic E-state index is -0.562. The molecule has 24 heavy (non-hydrogen) atoms. The van der Waals surface area contributed by atoms with Gasteiger partial charge in [0.1, 0.15) is 0 Å². The zero-order valence-electron chi connectivity index (χ0n) is 13.5. The molecule has 1 aliphatic heterocycles. The highest BCUT2D eigenvalue weighted by atomic mass is 16.3. The Labute approximate surface area is 142 Å². The number of fused-ring (bicyclic) bond motifs is 1. The van der Waals surface area contributed by atoms with Crippen LogP contribution in [-0.2, 0) is 18.5 Å². The lowest BCUT2D eigenvalue weighted by atomic mass is 9.77. The smallest absolute Gasteiger partial charge is 0.0963 e. The molecule has 0 aliphatic carbocycles. The fraction of sp³-hybridized carbons (Fsp3) is 0.182. The lowest BCUT2D eigenvalue weighted by Gasteiger charge is -2.36. The van der Waals surface area contributed by atoms with Gasteiger partial charge in [0, 0.05) is 13.0 Å². The Bertz CT molecular complexity index is 816. The molecule has 4 rings (SSSR count). The fourth-order valence-corrected chi connectivity index (χ4v) is 3.83. The van der Waals surface area contributed by atoms with Crippen molar-refractivity contribution in [2.75, 3.05) is 0 Å². The van der Waals surface area contributed by atoms with Crippen molar-refractivity contribution < 1.29 is 5.11 Å². The average molecular weight is 315 g/mol. The van der Waals surface area contributed by atoms with Gasteiger partial charge in [-0.3, -0.25) is 5.32 Å². The zero-order valence-corrected chi connectivity index (χ0v) is 13.5. The quantitative estimate of drug-likeness (QED) is 0.770. The second-order valence-electron chi connectivity index (χ2n) is 6.39. The maximum Gasteiger partial charge on any atom is 0.0963 e. The molecule has 2 atom stereocenters. The maximum atomic E-state index is 11.3. The third kappa shape index (κ3) is 2.44. The molecular formula is C22H21NO. The third-order valence-corrected chi connectivity index (χ3v) is 5.00. The molecule has 2 nitrogen and oxygen atoms in total. The lowest BCUT2D eigenvalue weighted by Crippen LogP contribution is -2.49. The largest absolute Gasteiger partial charge is 0.390 e. The fourth-order valence-electron chi connectivity index (χ4n) is 3.83. The summed E-state index contributed by atoms with van der Waals surface area (Å²) in [6.07, 6.45) is 0.0582. The number of nitrogens with one attached hydrogen (secondary N) is 1. The summed E-state index contributed by atoms with van der Waals surface area (Å²) in [4.78, 5) is 0. The van der Waals surface area contributed by atoms with Crippen LogP contribution in [0.25, 0.3) is 0 Å². The molecule has 0 amide bonds. The van der Waals surface area contributed by atoms with Crippen LogP contribution in [0.5, 0.6) is 0 Å². The molecule has 2 unspecified atom stereocenters. The van der Waals surface area contributed by atoms with Crippen molar-refractivity contribution >= 4 is 0 Å². The van der Waals surface area contributed by atoms with Crippen LogP contribution >= 0.6 is 0 Å². The Kier molecular flexibility index (Phi) is 3.93. The van der Waals surface area contributed by atoms with E-state index in [4.69, 9.17) is 0 Å². The molecule has 1 heterocycles. The van der Waals surface area contributed by atoms with Crippen LogP contribution in [0.4, 0.5) is 0 Å². The molecule has 0 fully saturated rings. The van der Waals surface area contributed by atoms with E-state index in [0.717, 1.165) is 17.7 Å². The van der Waals surface area contributed by atoms with Crippen LogP contribution in [-0.4, -0.2) is 11.2 Å². The van der Waals surface area contributed by atoms with Crippen LogP contribution in [0.1, 0.15) is 22.3 Å². The van der Waals surface area contributed by atoms with Crippen molar-refractivity contribution in [3.05, 3.63) is 107 Å². The summed E-state index contributed by atoms with van der Waals surface area (Å²) in [6, 6.07) is 28.9. The van der Waals surface area contributed by atoms with Crippen molar-refractivity contribution in [2.45, 2.75) is 24.6 Å². The normalized spacial score (nSPS) is 20.5. The Morgan fingerprint density at radius 1 is 0.833 bits per heavy atom. The average Bonchev–Trinajstić information content (AvgIpc) is 3.04. The summed E-state index contributed by atoms with van der Waals surface area (Å²) in [5.74, 6) is 0. The number of hydrogen-bond donors (Lipinski definition) is 2. The number of aliphatic hydroxyl groups excluding tert-OH is 1. The molecule has 0 bridgehead atoms. The first kappa shape index (κ1) is 15.1. The monoisotopic (exact) mass is 315 g/mol. The van der Waals surface area contributed by atoms with E-state index in [2.05, 4.69) is 53.8 Å². The maximum absolute atomic E-state index is 11.3. The van der Waals surface area contributed by atoms with Crippen LogP contribution < -0.4 is 5.32 Å². The predicted octanol–water partition coefficient (Wildman–Crippen LogP) is 3.64. The zero-order chi connectivity index (χ0) is 16.4. The van der Waals surface area contributed by atoms with Crippen molar-refractivity contribution in [3.63, 3.8) is 0 Å². The first-order valence-corrected chi connectivity index (χ1v) is 8.41. The molecule has 3 aromatic rings. The summed E-state index contributed by atoms with van der Waals surface area (Å²) in [6.45, 7) is 0.775. The molecule has 0 radical (unpaired) electrons. The summed E-state index contributed by atoms with van der Waals surface area (Å²) in [7, 11) is 0. The Hall–Kier alpha value is -2.42. The van der Waals surface area contributed by atoms with E-state index in [-0.39, 0.29) is 0 Å². The van der Waals surface area contributed by atoms with E-state index < -0.39 is 11.6 Å². The number of rotatable bonds is 4. The summed E-state index contributed by atoms with van der Waals surface area (Å²) in [5, 5.41) is 14.9. The van der Waals surface area contributed by atoms with Gasteiger partial charge < -0.3 is 5.11 Å². The van der Waals surface area contributed by atoms with Gasteiger partial charge in [-0.2, -0.15) is 0 Å². The van der Waals surface area contributed by atoms with Gasteiger partial charge in [-0.1, -0.05) is 84.9 Å². The van der Waals surface area contributed by atoms with Gasteiger partial charge in [-0.05, 0) is 22.3 Å². The predicted molar refractivity (Wildman–Crippen MR) is 96.7 cm³/mol. The van der Waals surface area contributed by atoms with Gasteiger partial charge in [-0.15, -0.1) is 0 Å². The Morgan fingerprint density at radius 2 is 1.46 bits per heavy atom. The van der Waals surface area contributed by atoms with Crippen molar-refractivity contribution in [1.82, 2.24) is 5.32 Å². The highest BCUT2D eigenvalue weighted by molar-refractivity contribution is 5.48. The van der Waals surface area contributed by atoms with E-state index in [1.807, 2.05) is 36.4 Å². The van der Waals surface area contributed by atoms with Crippen molar-refractivity contribution in [1.29, 1.82) is 0 Å². The van der Waals surface area contributed by atoms with Crippen LogP contribution in [0.2, 0.25) is 0 Å². The van der Waals surface area contributed by atoms with Gasteiger partial charge in [0.2, 0.25) is 0 Å². The van der Waals surface area contributed by atoms with E-state index in [1.165, 1.54) is 11.1 Å². The summed E-state index contributed by atoms with van der Waals surface area (Å²) in [5.41, 5.74) is 4.13. The SMILES string of the molecule is OC(Cc1ccccc1)C1(c2ccccc2)NCc2ccccc21. The van der Waals surface area contributed by atoms with Gasteiger partial charge in [-0.25, -0.2) is 0 Å². The van der Waals surface area contributed by atoms with Gasteiger partial charge >= 0.3 is 0 Å². The lowest BCUT2D eigenvalue weighted by molar-refractivity contribution is 0.0874. The van der Waals surface area contributed by atoms with Gasteiger partial charge in [0.25, 0.3) is 0 Å². The standard InChI is InChI=1S/C22H21NO/c24-21(15-17-9-3-1-4-10-17)22(19-12-5-2-6-13-19)20-14-8-7-11-18(20)16-23-22/h1-14,21,23-24H,15-16H2. The van der Waals surface area contributed by atoms with Gasteiger partial charge in [0.15, 0.2) is 0 Å². The molecule has 2 heteroatoms. The molecule has 0 spiro atoms. The van der Waals surface area contributed by atoms with Crippen LogP contribution in [0.3, 0.4) is 0 Å². The number of benzene rings is 3. The van der Waals surface area contributed by atoms with Crippen LogP contribution in [0, 0.1) is 0 Å². The van der Waals surface area contributed by atoms with E-state index in [1.54, 1.807) is 0 Å². The molecule has 3 aromatic carbocycles. The Balaban J connectivity index is 1.81. The first-order valence-electron chi connectivity index (χ1n) is 8.41. The molecule has 1 aliphatic rings. The molecule has 0 saturated carbocycles. The third-order valence-electron chi connectivity index (χ3n) is 5.00. The molecular weight excluding hydrogens is 294 g/mol. The molecule has 0 saturated heterocycles. The minimum Gasteiger partial charge on any atom is -0.390 e. The van der Waals surface area contributed by atoms with E-state index in [0.29, 0.717) is 6.42 Å². The number of hydrogen-bond acceptors (Lipinski definition) is 2. The topological polar surface area (TPSA) is 32.3 Å². The Morgan fingerprint density at radius 3 is 2.21 bits per heavy atom. The molecule has 0 aromatic heterocycles. The highest BCUT2D eigenvalue weighted by Gasteiger charge is 2.45. The second-order valence-corrected chi connectivity index (χ2v) is 6.39. The minimum absolute atomic E-state index is 0.550. The van der Waals surface area contributed by atoms with E-state index in [9.17, 15) is 5.11 Å². The van der Waals surface area contributed by atoms with Crippen LogP contribution in [0.15, 0.2) is 84.9 Å². The van der Waals surface area contributed by atoms with Crippen molar-refractivity contribution in [2.24, 2.45) is 0 Å². The van der Waals surface area contributed by atoms with Crippen molar-refractivity contribution in [3.8, 4) is 0 Å².